The Morgan fingerprint density at radius 2 is 2.00 bits per heavy atom. The van der Waals surface area contributed by atoms with Gasteiger partial charge in [-0.15, -0.1) is 0 Å². The van der Waals surface area contributed by atoms with E-state index in [4.69, 9.17) is 16.0 Å². The molecule has 1 atom stereocenters. The number of benzene rings is 1. The molecule has 0 radical (unpaired) electrons. The Hall–Kier alpha value is -1.87. The van der Waals surface area contributed by atoms with Gasteiger partial charge in [-0.05, 0) is 37.3 Å². The Morgan fingerprint density at radius 3 is 2.59 bits per heavy atom. The molecular weight excluding hydrogens is 390 g/mol. The quantitative estimate of drug-likeness (QED) is 0.657. The van der Waals surface area contributed by atoms with Gasteiger partial charge in [-0.2, -0.15) is 4.31 Å². The van der Waals surface area contributed by atoms with Gasteiger partial charge < -0.3 is 15.1 Å². The smallest absolute Gasteiger partial charge is 0.279 e. The second kappa shape index (κ2) is 9.36. The van der Waals surface area contributed by atoms with Gasteiger partial charge in [0.15, 0.2) is 12.3 Å². The fourth-order valence-electron chi connectivity index (χ4n) is 2.62. The van der Waals surface area contributed by atoms with Crippen LogP contribution in [0.4, 0.5) is 5.69 Å². The Morgan fingerprint density at radius 1 is 1.30 bits per heavy atom. The average Bonchev–Trinajstić information content (AvgIpc) is 3.17. The summed E-state index contributed by atoms with van der Waals surface area (Å²) in [6.07, 6.45) is 1.58. The molecule has 0 aliphatic rings. The fourth-order valence-corrected chi connectivity index (χ4v) is 4.27. The molecule has 2 rings (SSSR count). The van der Waals surface area contributed by atoms with Crippen LogP contribution in [-0.4, -0.2) is 38.3 Å². The number of nitrogens with one attached hydrogen (secondary N) is 1. The monoisotopic (exact) mass is 414 g/mol. The lowest BCUT2D eigenvalue weighted by molar-refractivity contribution is -0.684. The van der Waals surface area contributed by atoms with Crippen LogP contribution in [0, 0.1) is 0 Å². The SMILES string of the molecule is CCN(CC)S(=O)(=O)c1ccc(Cl)c(NC(=O)C[NH2+][C@H](C)c2ccco2)c1. The first-order valence-corrected chi connectivity index (χ1v) is 10.6. The molecule has 2 aromatic rings. The molecule has 1 aromatic heterocycles. The zero-order valence-corrected chi connectivity index (χ0v) is 17.2. The highest BCUT2D eigenvalue weighted by molar-refractivity contribution is 7.89. The molecule has 0 unspecified atom stereocenters. The van der Waals surface area contributed by atoms with Gasteiger partial charge in [0, 0.05) is 13.1 Å². The zero-order valence-electron chi connectivity index (χ0n) is 15.6. The number of sulfonamides is 1. The number of nitrogens with two attached hydrogens (primary N) is 1. The minimum absolute atomic E-state index is 0.0180. The number of carbonyl (C=O) groups excluding carboxylic acids is 1. The third kappa shape index (κ3) is 5.32. The molecule has 0 bridgehead atoms. The van der Waals surface area contributed by atoms with E-state index in [9.17, 15) is 13.2 Å². The second-order valence-corrected chi connectivity index (χ2v) is 8.37. The van der Waals surface area contributed by atoms with Crippen LogP contribution in [0.15, 0.2) is 45.9 Å². The largest absolute Gasteiger partial charge is 0.463 e. The summed E-state index contributed by atoms with van der Waals surface area (Å²) in [4.78, 5) is 12.4. The molecule has 9 heteroatoms. The Bertz CT molecular complexity index is 865. The Balaban J connectivity index is 2.08. The van der Waals surface area contributed by atoms with Crippen molar-refractivity contribution in [2.24, 2.45) is 0 Å². The van der Waals surface area contributed by atoms with Crippen molar-refractivity contribution < 1.29 is 22.9 Å². The van der Waals surface area contributed by atoms with Crippen LogP contribution in [0.1, 0.15) is 32.6 Å². The summed E-state index contributed by atoms with van der Waals surface area (Å²) >= 11 is 6.13. The summed E-state index contributed by atoms with van der Waals surface area (Å²) in [7, 11) is -3.63. The van der Waals surface area contributed by atoms with Gasteiger partial charge in [-0.3, -0.25) is 4.79 Å². The van der Waals surface area contributed by atoms with Crippen molar-refractivity contribution in [3.8, 4) is 0 Å². The maximum absolute atomic E-state index is 12.6. The van der Waals surface area contributed by atoms with E-state index in [1.165, 1.54) is 22.5 Å². The topological polar surface area (TPSA) is 96.2 Å². The lowest BCUT2D eigenvalue weighted by Gasteiger charge is -2.19. The number of quaternary nitrogens is 1. The van der Waals surface area contributed by atoms with E-state index >= 15 is 0 Å². The third-order valence-corrected chi connectivity index (χ3v) is 6.58. The highest BCUT2D eigenvalue weighted by Crippen LogP contribution is 2.26. The predicted molar refractivity (Wildman–Crippen MR) is 104 cm³/mol. The molecule has 1 heterocycles. The van der Waals surface area contributed by atoms with Crippen molar-refractivity contribution in [3.05, 3.63) is 47.4 Å². The van der Waals surface area contributed by atoms with Crippen LogP contribution in [0.3, 0.4) is 0 Å². The number of rotatable bonds is 9. The lowest BCUT2D eigenvalue weighted by atomic mass is 10.2. The molecule has 0 saturated carbocycles. The molecule has 1 amide bonds. The van der Waals surface area contributed by atoms with Gasteiger partial charge in [0.05, 0.1) is 21.9 Å². The molecular formula is C18H25ClN3O4S+. The van der Waals surface area contributed by atoms with Gasteiger partial charge in [-0.1, -0.05) is 25.4 Å². The lowest BCUT2D eigenvalue weighted by Crippen LogP contribution is -2.86. The van der Waals surface area contributed by atoms with Gasteiger partial charge >= 0.3 is 0 Å². The zero-order chi connectivity index (χ0) is 20.0. The van der Waals surface area contributed by atoms with Crippen LogP contribution >= 0.6 is 11.6 Å². The molecule has 1 aromatic carbocycles. The van der Waals surface area contributed by atoms with E-state index in [2.05, 4.69) is 5.32 Å². The summed E-state index contributed by atoms with van der Waals surface area (Å²) in [6, 6.07) is 7.93. The second-order valence-electron chi connectivity index (χ2n) is 6.02. The predicted octanol–water partition coefficient (Wildman–Crippen LogP) is 2.23. The van der Waals surface area contributed by atoms with Gasteiger partial charge in [0.2, 0.25) is 10.0 Å². The van der Waals surface area contributed by atoms with Crippen molar-refractivity contribution in [1.82, 2.24) is 4.31 Å². The van der Waals surface area contributed by atoms with Crippen molar-refractivity contribution in [1.29, 1.82) is 0 Å². The first-order valence-electron chi connectivity index (χ1n) is 8.75. The Kier molecular flexibility index (Phi) is 7.43. The van der Waals surface area contributed by atoms with Crippen molar-refractivity contribution in [3.63, 3.8) is 0 Å². The van der Waals surface area contributed by atoms with E-state index < -0.39 is 10.0 Å². The van der Waals surface area contributed by atoms with E-state index in [1.807, 2.05) is 18.3 Å². The highest BCUT2D eigenvalue weighted by atomic mass is 35.5. The number of halogens is 1. The Labute approximate surface area is 164 Å². The van der Waals surface area contributed by atoms with Crippen LogP contribution in [-0.2, 0) is 14.8 Å². The first kappa shape index (κ1) is 21.4. The minimum atomic E-state index is -3.63. The van der Waals surface area contributed by atoms with E-state index in [1.54, 1.807) is 26.2 Å². The van der Waals surface area contributed by atoms with Crippen molar-refractivity contribution in [2.45, 2.75) is 31.7 Å². The first-order chi connectivity index (χ1) is 12.8. The van der Waals surface area contributed by atoms with Crippen LogP contribution < -0.4 is 10.6 Å². The summed E-state index contributed by atoms with van der Waals surface area (Å²) < 4.78 is 31.9. The number of furan rings is 1. The summed E-state index contributed by atoms with van der Waals surface area (Å²) in [6.45, 7) is 6.35. The molecule has 7 nitrogen and oxygen atoms in total. The van der Waals surface area contributed by atoms with Crippen LogP contribution in [0.2, 0.25) is 5.02 Å². The minimum Gasteiger partial charge on any atom is -0.463 e. The maximum Gasteiger partial charge on any atom is 0.279 e. The van der Waals surface area contributed by atoms with Crippen molar-refractivity contribution >= 4 is 33.2 Å². The highest BCUT2D eigenvalue weighted by Gasteiger charge is 2.23. The van der Waals surface area contributed by atoms with Gasteiger partial charge in [0.1, 0.15) is 6.04 Å². The van der Waals surface area contributed by atoms with Gasteiger partial charge in [0.25, 0.3) is 5.91 Å². The third-order valence-electron chi connectivity index (χ3n) is 4.20. The van der Waals surface area contributed by atoms with E-state index in [-0.39, 0.29) is 34.1 Å². The molecule has 148 valence electrons. The van der Waals surface area contributed by atoms with E-state index in [0.717, 1.165) is 5.76 Å². The number of anilines is 1. The summed E-state index contributed by atoms with van der Waals surface area (Å²) in [5, 5.41) is 4.78. The normalized spacial score (nSPS) is 12.9. The number of hydrogen-bond acceptors (Lipinski definition) is 4. The number of amides is 1. The maximum atomic E-state index is 12.6. The summed E-state index contributed by atoms with van der Waals surface area (Å²) in [5.41, 5.74) is 0.272. The van der Waals surface area contributed by atoms with Crippen molar-refractivity contribution in [2.75, 3.05) is 25.0 Å². The number of carbonyl (C=O) groups is 1. The molecule has 0 fully saturated rings. The summed E-state index contributed by atoms with van der Waals surface area (Å²) in [5.74, 6) is 0.487. The average molecular weight is 415 g/mol. The molecule has 3 N–H and O–H groups in total. The number of nitrogens with zero attached hydrogens (tertiary/aromatic N) is 1. The molecule has 0 aliphatic carbocycles. The molecule has 0 aliphatic heterocycles. The molecule has 0 saturated heterocycles. The van der Waals surface area contributed by atoms with E-state index in [0.29, 0.717) is 13.1 Å². The van der Waals surface area contributed by atoms with Crippen LogP contribution in [0.25, 0.3) is 0 Å². The van der Waals surface area contributed by atoms with Crippen LogP contribution in [0.5, 0.6) is 0 Å². The molecule has 27 heavy (non-hydrogen) atoms. The fraction of sp³-hybridized carbons (Fsp3) is 0.389. The van der Waals surface area contributed by atoms with Gasteiger partial charge in [-0.25, -0.2) is 8.42 Å². The number of hydrogen-bond donors (Lipinski definition) is 2. The standard InChI is InChI=1S/C18H24ClN3O4S/c1-4-22(5-2)27(24,25)14-8-9-15(19)16(11-14)21-18(23)12-20-13(3)17-7-6-10-26-17/h6-11,13,20H,4-5,12H2,1-3H3,(H,21,23)/p+1/t13-/m1/s1. The molecule has 0 spiro atoms.